The van der Waals surface area contributed by atoms with Gasteiger partial charge in [0.15, 0.2) is 0 Å². The summed E-state index contributed by atoms with van der Waals surface area (Å²) in [7, 11) is 0. The molecule has 0 amide bonds. The summed E-state index contributed by atoms with van der Waals surface area (Å²) in [5.74, 6) is -1.33. The Morgan fingerprint density at radius 2 is 2.21 bits per heavy atom. The van der Waals surface area contributed by atoms with Crippen LogP contribution in [-0.4, -0.2) is 20.6 Å². The third-order valence-corrected chi connectivity index (χ3v) is 4.14. The molecule has 2 heterocycles. The van der Waals surface area contributed by atoms with Crippen LogP contribution in [0.1, 0.15) is 22.8 Å². The molecule has 0 aliphatic rings. The largest absolute Gasteiger partial charge is 0.477 e. The standard InChI is InChI=1S/C11H10N2O5S/c1-3-12-4-6(11(15)16)8(14)7-5(2)9(13(17)18)19-10(7)12/h4H,3H2,1-2H3,(H,15,16). The molecule has 2 aromatic heterocycles. The number of hydrogen-bond acceptors (Lipinski definition) is 5. The summed E-state index contributed by atoms with van der Waals surface area (Å²) >= 11 is 0.889. The Labute approximate surface area is 110 Å². The van der Waals surface area contributed by atoms with Crippen LogP contribution in [0.4, 0.5) is 5.00 Å². The van der Waals surface area contributed by atoms with Gasteiger partial charge >= 0.3 is 11.0 Å². The molecule has 19 heavy (non-hydrogen) atoms. The van der Waals surface area contributed by atoms with E-state index in [1.165, 1.54) is 13.1 Å². The second-order valence-corrected chi connectivity index (χ2v) is 4.91. The van der Waals surface area contributed by atoms with Gasteiger partial charge in [-0.2, -0.15) is 0 Å². The molecule has 1 N–H and O–H groups in total. The maximum atomic E-state index is 12.1. The van der Waals surface area contributed by atoms with Gasteiger partial charge in [-0.1, -0.05) is 0 Å². The van der Waals surface area contributed by atoms with Crippen molar-refractivity contribution in [2.75, 3.05) is 0 Å². The Kier molecular flexibility index (Phi) is 3.11. The predicted molar refractivity (Wildman–Crippen MR) is 70.1 cm³/mol. The average Bonchev–Trinajstić information content (AvgIpc) is 2.68. The summed E-state index contributed by atoms with van der Waals surface area (Å²) in [6.45, 7) is 3.66. The van der Waals surface area contributed by atoms with E-state index in [9.17, 15) is 19.7 Å². The number of carboxylic acid groups (broad SMARTS) is 1. The Morgan fingerprint density at radius 1 is 1.58 bits per heavy atom. The van der Waals surface area contributed by atoms with Crippen LogP contribution in [0, 0.1) is 17.0 Å². The highest BCUT2D eigenvalue weighted by Crippen LogP contribution is 2.34. The molecule has 0 aliphatic carbocycles. The van der Waals surface area contributed by atoms with Gasteiger partial charge in [-0.3, -0.25) is 14.9 Å². The minimum Gasteiger partial charge on any atom is -0.477 e. The molecule has 2 rings (SSSR count). The molecule has 0 fully saturated rings. The number of aromatic carboxylic acids is 1. The molecule has 8 heteroatoms. The lowest BCUT2D eigenvalue weighted by Crippen LogP contribution is -2.18. The average molecular weight is 282 g/mol. The van der Waals surface area contributed by atoms with Crippen molar-refractivity contribution >= 4 is 32.5 Å². The van der Waals surface area contributed by atoms with Gasteiger partial charge in [0.1, 0.15) is 10.4 Å². The SMILES string of the molecule is CCn1cc(C(=O)O)c(=O)c2c(C)c([N+](=O)[O-])sc21. The Bertz CT molecular complexity index is 759. The van der Waals surface area contributed by atoms with E-state index >= 15 is 0 Å². The summed E-state index contributed by atoms with van der Waals surface area (Å²) < 4.78 is 1.55. The van der Waals surface area contributed by atoms with Crippen LogP contribution >= 0.6 is 11.3 Å². The fourth-order valence-electron chi connectivity index (χ4n) is 1.93. The second-order valence-electron chi connectivity index (χ2n) is 3.93. The number of nitrogens with zero attached hydrogens (tertiary/aromatic N) is 2. The summed E-state index contributed by atoms with van der Waals surface area (Å²) in [6.07, 6.45) is 1.23. The van der Waals surface area contributed by atoms with Gasteiger partial charge in [0.25, 0.3) is 0 Å². The molecule has 0 saturated heterocycles. The lowest BCUT2D eigenvalue weighted by Gasteiger charge is -2.05. The molecule has 0 aromatic carbocycles. The van der Waals surface area contributed by atoms with Gasteiger partial charge in [-0.25, -0.2) is 4.79 Å². The zero-order chi connectivity index (χ0) is 14.3. The minimum atomic E-state index is -1.33. The van der Waals surface area contributed by atoms with Crippen molar-refractivity contribution in [1.82, 2.24) is 4.57 Å². The Hall–Kier alpha value is -2.22. The fourth-order valence-corrected chi connectivity index (χ4v) is 3.09. The number of aromatic nitrogens is 1. The van der Waals surface area contributed by atoms with Gasteiger partial charge in [0.2, 0.25) is 5.43 Å². The highest BCUT2D eigenvalue weighted by Gasteiger charge is 2.24. The van der Waals surface area contributed by atoms with E-state index < -0.39 is 16.3 Å². The van der Waals surface area contributed by atoms with Crippen molar-refractivity contribution in [3.8, 4) is 0 Å². The van der Waals surface area contributed by atoms with Gasteiger partial charge in [0, 0.05) is 12.7 Å². The van der Waals surface area contributed by atoms with Crippen molar-refractivity contribution in [2.24, 2.45) is 0 Å². The Morgan fingerprint density at radius 3 is 2.68 bits per heavy atom. The molecular weight excluding hydrogens is 272 g/mol. The van der Waals surface area contributed by atoms with Gasteiger partial charge in [-0.15, -0.1) is 0 Å². The van der Waals surface area contributed by atoms with Gasteiger partial charge < -0.3 is 9.67 Å². The molecule has 0 bridgehead atoms. The molecule has 7 nitrogen and oxygen atoms in total. The highest BCUT2D eigenvalue weighted by molar-refractivity contribution is 7.22. The second kappa shape index (κ2) is 4.47. The summed E-state index contributed by atoms with van der Waals surface area (Å²) in [5, 5.41) is 19.9. The van der Waals surface area contributed by atoms with E-state index in [2.05, 4.69) is 0 Å². The highest BCUT2D eigenvalue weighted by atomic mass is 32.1. The number of carboxylic acids is 1. The van der Waals surface area contributed by atoms with E-state index in [0.717, 1.165) is 11.3 Å². The minimum absolute atomic E-state index is 0.124. The van der Waals surface area contributed by atoms with Crippen LogP contribution in [0.2, 0.25) is 0 Å². The predicted octanol–water partition coefficient (Wildman–Crippen LogP) is 2.00. The molecule has 0 aliphatic heterocycles. The molecule has 0 atom stereocenters. The third kappa shape index (κ3) is 1.89. The van der Waals surface area contributed by atoms with Crippen LogP contribution in [0.25, 0.3) is 10.2 Å². The third-order valence-electron chi connectivity index (χ3n) is 2.86. The van der Waals surface area contributed by atoms with Crippen molar-refractivity contribution in [3.05, 3.63) is 37.7 Å². The molecular formula is C11H10N2O5S. The van der Waals surface area contributed by atoms with E-state index in [0.29, 0.717) is 11.4 Å². The molecule has 100 valence electrons. The number of fused-ring (bicyclic) bond motifs is 1. The number of carbonyl (C=O) groups is 1. The normalized spacial score (nSPS) is 10.8. The number of thiophene rings is 1. The summed E-state index contributed by atoms with van der Waals surface area (Å²) in [4.78, 5) is 33.9. The molecule has 0 radical (unpaired) electrons. The number of aryl methyl sites for hydroxylation is 2. The maximum absolute atomic E-state index is 12.1. The molecule has 0 unspecified atom stereocenters. The number of pyridine rings is 1. The first-order chi connectivity index (χ1) is 8.88. The lowest BCUT2D eigenvalue weighted by molar-refractivity contribution is -0.380. The topological polar surface area (TPSA) is 102 Å². The first-order valence-electron chi connectivity index (χ1n) is 5.42. The van der Waals surface area contributed by atoms with E-state index in [-0.39, 0.29) is 21.5 Å². The van der Waals surface area contributed by atoms with E-state index in [4.69, 9.17) is 5.11 Å². The summed E-state index contributed by atoms with van der Waals surface area (Å²) in [5.41, 5.74) is -0.820. The van der Waals surface area contributed by atoms with E-state index in [1.54, 1.807) is 11.5 Å². The molecule has 0 saturated carbocycles. The van der Waals surface area contributed by atoms with Crippen LogP contribution in [0.3, 0.4) is 0 Å². The Balaban J connectivity index is 3.01. The lowest BCUT2D eigenvalue weighted by atomic mass is 10.1. The van der Waals surface area contributed by atoms with Crippen molar-refractivity contribution in [1.29, 1.82) is 0 Å². The zero-order valence-corrected chi connectivity index (χ0v) is 11.0. The van der Waals surface area contributed by atoms with Crippen molar-refractivity contribution in [2.45, 2.75) is 20.4 Å². The van der Waals surface area contributed by atoms with Crippen LogP contribution < -0.4 is 5.43 Å². The van der Waals surface area contributed by atoms with Crippen LogP contribution in [-0.2, 0) is 6.54 Å². The number of nitro groups is 1. The van der Waals surface area contributed by atoms with Gasteiger partial charge in [0.05, 0.1) is 15.9 Å². The summed E-state index contributed by atoms with van der Waals surface area (Å²) in [6, 6.07) is 0. The first kappa shape index (κ1) is 13.2. The molecule has 0 spiro atoms. The van der Waals surface area contributed by atoms with Crippen LogP contribution in [0.5, 0.6) is 0 Å². The monoisotopic (exact) mass is 282 g/mol. The van der Waals surface area contributed by atoms with Crippen LogP contribution in [0.15, 0.2) is 11.0 Å². The van der Waals surface area contributed by atoms with E-state index in [1.807, 2.05) is 0 Å². The quantitative estimate of drug-likeness (QED) is 0.685. The van der Waals surface area contributed by atoms with Crippen molar-refractivity contribution in [3.63, 3.8) is 0 Å². The zero-order valence-electron chi connectivity index (χ0n) is 10.2. The maximum Gasteiger partial charge on any atom is 0.341 e. The fraction of sp³-hybridized carbons (Fsp3) is 0.273. The first-order valence-corrected chi connectivity index (χ1v) is 6.24. The smallest absolute Gasteiger partial charge is 0.341 e. The number of rotatable bonds is 3. The molecule has 2 aromatic rings. The van der Waals surface area contributed by atoms with Crippen molar-refractivity contribution < 1.29 is 14.8 Å². The number of hydrogen-bond donors (Lipinski definition) is 1. The van der Waals surface area contributed by atoms with Gasteiger partial charge in [-0.05, 0) is 25.2 Å².